The first-order valence-electron chi connectivity index (χ1n) is 7.00. The van der Waals surface area contributed by atoms with Gasteiger partial charge in [-0.25, -0.2) is 14.5 Å². The molecule has 0 amide bonds. The summed E-state index contributed by atoms with van der Waals surface area (Å²) in [4.78, 5) is 26.0. The highest BCUT2D eigenvalue weighted by Gasteiger charge is 2.10. The lowest BCUT2D eigenvalue weighted by Gasteiger charge is -2.05. The highest BCUT2D eigenvalue weighted by atomic mass is 16.6. The minimum atomic E-state index is -0.531. The number of rotatable bonds is 5. The standard InChI is InChI=1S/C16H12N4O4/c21-16(24-15-7-5-14(6-8-15)20(22)23)13-3-1-12(2-4-13)9-19-11-17-10-18-19/h1-8,10-11H,9H2. The quantitative estimate of drug-likeness (QED) is 0.309. The SMILES string of the molecule is O=C(Oc1ccc([N+](=O)[O-])cc1)c1ccc(Cn2cncn2)cc1. The van der Waals surface area contributed by atoms with E-state index in [-0.39, 0.29) is 11.4 Å². The van der Waals surface area contributed by atoms with E-state index in [1.807, 2.05) is 0 Å². The van der Waals surface area contributed by atoms with Gasteiger partial charge in [0.25, 0.3) is 5.69 Å². The van der Waals surface area contributed by atoms with Crippen molar-refractivity contribution in [3.05, 3.63) is 82.4 Å². The zero-order valence-electron chi connectivity index (χ0n) is 12.4. The van der Waals surface area contributed by atoms with Crippen LogP contribution in [0.5, 0.6) is 5.75 Å². The smallest absolute Gasteiger partial charge is 0.343 e. The van der Waals surface area contributed by atoms with E-state index in [1.54, 1.807) is 35.3 Å². The monoisotopic (exact) mass is 324 g/mol. The molecule has 0 fully saturated rings. The Morgan fingerprint density at radius 2 is 1.83 bits per heavy atom. The number of benzene rings is 2. The largest absolute Gasteiger partial charge is 0.423 e. The minimum Gasteiger partial charge on any atom is -0.423 e. The topological polar surface area (TPSA) is 100 Å². The number of ether oxygens (including phenoxy) is 1. The van der Waals surface area contributed by atoms with Crippen LogP contribution in [0.25, 0.3) is 0 Å². The number of non-ortho nitro benzene ring substituents is 1. The van der Waals surface area contributed by atoms with Crippen molar-refractivity contribution in [3.63, 3.8) is 0 Å². The number of carbonyl (C=O) groups excluding carboxylic acids is 1. The first-order valence-corrected chi connectivity index (χ1v) is 7.00. The average Bonchev–Trinajstić information content (AvgIpc) is 3.09. The molecule has 120 valence electrons. The lowest BCUT2D eigenvalue weighted by Crippen LogP contribution is -2.09. The van der Waals surface area contributed by atoms with Crippen molar-refractivity contribution in [1.82, 2.24) is 14.8 Å². The van der Waals surface area contributed by atoms with Crippen LogP contribution in [0.2, 0.25) is 0 Å². The second-order valence-electron chi connectivity index (χ2n) is 4.93. The summed E-state index contributed by atoms with van der Waals surface area (Å²) in [7, 11) is 0. The molecule has 0 bridgehead atoms. The average molecular weight is 324 g/mol. The molecule has 8 heteroatoms. The van der Waals surface area contributed by atoms with E-state index in [0.717, 1.165) is 5.56 Å². The van der Waals surface area contributed by atoms with Gasteiger partial charge in [-0.1, -0.05) is 12.1 Å². The number of carbonyl (C=O) groups is 1. The molecule has 0 saturated carbocycles. The van der Waals surface area contributed by atoms with E-state index >= 15 is 0 Å². The maximum Gasteiger partial charge on any atom is 0.343 e. The summed E-state index contributed by atoms with van der Waals surface area (Å²) in [6.45, 7) is 0.553. The molecular weight excluding hydrogens is 312 g/mol. The first kappa shape index (κ1) is 15.3. The molecular formula is C16H12N4O4. The first-order chi connectivity index (χ1) is 11.6. The van der Waals surface area contributed by atoms with Crippen LogP contribution < -0.4 is 4.74 Å². The zero-order chi connectivity index (χ0) is 16.9. The fourth-order valence-electron chi connectivity index (χ4n) is 2.05. The number of esters is 1. The maximum atomic E-state index is 12.1. The Kier molecular flexibility index (Phi) is 4.28. The number of nitro benzene ring substituents is 1. The molecule has 0 aliphatic rings. The van der Waals surface area contributed by atoms with Crippen molar-refractivity contribution in [2.45, 2.75) is 6.54 Å². The lowest BCUT2D eigenvalue weighted by atomic mass is 10.1. The Morgan fingerprint density at radius 3 is 2.42 bits per heavy atom. The van der Waals surface area contributed by atoms with Gasteiger partial charge in [0.05, 0.1) is 17.0 Å². The van der Waals surface area contributed by atoms with Crippen molar-refractivity contribution in [3.8, 4) is 5.75 Å². The fraction of sp³-hybridized carbons (Fsp3) is 0.0625. The van der Waals surface area contributed by atoms with Crippen LogP contribution in [-0.2, 0) is 6.54 Å². The van der Waals surface area contributed by atoms with Gasteiger partial charge in [-0.2, -0.15) is 5.10 Å². The van der Waals surface area contributed by atoms with E-state index in [2.05, 4.69) is 10.1 Å². The van der Waals surface area contributed by atoms with Crippen LogP contribution in [0.3, 0.4) is 0 Å². The molecule has 0 spiro atoms. The van der Waals surface area contributed by atoms with E-state index in [0.29, 0.717) is 12.1 Å². The Balaban J connectivity index is 1.65. The van der Waals surface area contributed by atoms with E-state index in [1.165, 1.54) is 30.6 Å². The summed E-state index contributed by atoms with van der Waals surface area (Å²) in [5.74, 6) is -0.284. The summed E-state index contributed by atoms with van der Waals surface area (Å²) in [5.41, 5.74) is 1.29. The van der Waals surface area contributed by atoms with Gasteiger partial charge < -0.3 is 4.74 Å². The fourth-order valence-corrected chi connectivity index (χ4v) is 2.05. The summed E-state index contributed by atoms with van der Waals surface area (Å²) >= 11 is 0. The molecule has 0 aliphatic heterocycles. The summed E-state index contributed by atoms with van der Waals surface area (Å²) in [5, 5.41) is 14.6. The van der Waals surface area contributed by atoms with Crippen LogP contribution >= 0.6 is 0 Å². The van der Waals surface area contributed by atoms with Gasteiger partial charge in [-0.3, -0.25) is 10.1 Å². The molecule has 0 radical (unpaired) electrons. The summed E-state index contributed by atoms with van der Waals surface area (Å²) in [6, 6.07) is 12.2. The van der Waals surface area contributed by atoms with Gasteiger partial charge in [0.15, 0.2) is 0 Å². The molecule has 8 nitrogen and oxygen atoms in total. The summed E-state index contributed by atoms with van der Waals surface area (Å²) in [6.07, 6.45) is 3.06. The number of nitro groups is 1. The molecule has 1 aromatic heterocycles. The number of nitrogens with zero attached hydrogens (tertiary/aromatic N) is 4. The number of hydrogen-bond acceptors (Lipinski definition) is 6. The number of aromatic nitrogens is 3. The van der Waals surface area contributed by atoms with Crippen molar-refractivity contribution in [2.24, 2.45) is 0 Å². The predicted octanol–water partition coefficient (Wildman–Crippen LogP) is 2.45. The molecule has 3 aromatic rings. The van der Waals surface area contributed by atoms with Crippen molar-refractivity contribution < 1.29 is 14.5 Å². The molecule has 0 unspecified atom stereocenters. The van der Waals surface area contributed by atoms with Gasteiger partial charge in [0.1, 0.15) is 18.4 Å². The van der Waals surface area contributed by atoms with Crippen LogP contribution in [-0.4, -0.2) is 25.7 Å². The Labute approximate surface area is 136 Å². The minimum absolute atomic E-state index is 0.0627. The van der Waals surface area contributed by atoms with E-state index in [4.69, 9.17) is 4.74 Å². The van der Waals surface area contributed by atoms with Crippen LogP contribution in [0.15, 0.2) is 61.2 Å². The molecule has 3 rings (SSSR count). The Hall–Kier alpha value is -3.55. The molecule has 0 atom stereocenters. The van der Waals surface area contributed by atoms with Gasteiger partial charge in [0, 0.05) is 12.1 Å². The van der Waals surface area contributed by atoms with Gasteiger partial charge >= 0.3 is 5.97 Å². The van der Waals surface area contributed by atoms with Crippen LogP contribution in [0.1, 0.15) is 15.9 Å². The second kappa shape index (κ2) is 6.69. The molecule has 0 N–H and O–H groups in total. The molecule has 0 aliphatic carbocycles. The second-order valence-corrected chi connectivity index (χ2v) is 4.93. The molecule has 1 heterocycles. The Morgan fingerprint density at radius 1 is 1.12 bits per heavy atom. The zero-order valence-corrected chi connectivity index (χ0v) is 12.4. The normalized spacial score (nSPS) is 10.3. The third-order valence-corrected chi connectivity index (χ3v) is 3.26. The summed E-state index contributed by atoms with van der Waals surface area (Å²) < 4.78 is 6.86. The van der Waals surface area contributed by atoms with Crippen molar-refractivity contribution in [2.75, 3.05) is 0 Å². The van der Waals surface area contributed by atoms with Gasteiger partial charge in [-0.05, 0) is 29.8 Å². The molecule has 2 aromatic carbocycles. The maximum absolute atomic E-state index is 12.1. The third-order valence-electron chi connectivity index (χ3n) is 3.26. The molecule has 0 saturated heterocycles. The predicted molar refractivity (Wildman–Crippen MR) is 83.6 cm³/mol. The van der Waals surface area contributed by atoms with Gasteiger partial charge in [-0.15, -0.1) is 0 Å². The van der Waals surface area contributed by atoms with Crippen molar-refractivity contribution >= 4 is 11.7 Å². The third kappa shape index (κ3) is 3.61. The lowest BCUT2D eigenvalue weighted by molar-refractivity contribution is -0.384. The van der Waals surface area contributed by atoms with Crippen LogP contribution in [0.4, 0.5) is 5.69 Å². The highest BCUT2D eigenvalue weighted by Crippen LogP contribution is 2.18. The van der Waals surface area contributed by atoms with Gasteiger partial charge in [0.2, 0.25) is 0 Å². The van der Waals surface area contributed by atoms with E-state index in [9.17, 15) is 14.9 Å². The van der Waals surface area contributed by atoms with Crippen molar-refractivity contribution in [1.29, 1.82) is 0 Å². The highest BCUT2D eigenvalue weighted by molar-refractivity contribution is 5.91. The van der Waals surface area contributed by atoms with E-state index < -0.39 is 10.9 Å². The Bertz CT molecular complexity index is 843. The van der Waals surface area contributed by atoms with Crippen LogP contribution in [0, 0.1) is 10.1 Å². The number of hydrogen-bond donors (Lipinski definition) is 0. The molecule has 24 heavy (non-hydrogen) atoms.